The zero-order valence-electron chi connectivity index (χ0n) is 10.0. The number of phenols is 1. The Labute approximate surface area is 107 Å². The summed E-state index contributed by atoms with van der Waals surface area (Å²) in [6, 6.07) is 5.18. The van der Waals surface area contributed by atoms with E-state index in [1.54, 1.807) is 12.1 Å². The Hall–Kier alpha value is -0.770. The van der Waals surface area contributed by atoms with Crippen molar-refractivity contribution in [2.24, 2.45) is 0 Å². The second kappa shape index (κ2) is 5.71. The second-order valence-electron chi connectivity index (χ2n) is 4.41. The molecule has 1 aromatic rings. The van der Waals surface area contributed by atoms with Crippen LogP contribution in [-0.2, 0) is 11.3 Å². The van der Waals surface area contributed by atoms with Gasteiger partial charge < -0.3 is 9.84 Å². The molecular formula is C13H18ClNO2. The summed E-state index contributed by atoms with van der Waals surface area (Å²) in [4.78, 5) is 2.29. The molecule has 1 heterocycles. The quantitative estimate of drug-likeness (QED) is 0.901. The van der Waals surface area contributed by atoms with Gasteiger partial charge in [0.2, 0.25) is 0 Å². The van der Waals surface area contributed by atoms with E-state index in [-0.39, 0.29) is 0 Å². The van der Waals surface area contributed by atoms with Crippen LogP contribution >= 0.6 is 11.6 Å². The smallest absolute Gasteiger partial charge is 0.120 e. The number of morpholine rings is 1. The fourth-order valence-electron chi connectivity index (χ4n) is 2.09. The van der Waals surface area contributed by atoms with Crippen LogP contribution in [0.2, 0.25) is 5.02 Å². The third-order valence-corrected chi connectivity index (χ3v) is 3.35. The fraction of sp³-hybridized carbons (Fsp3) is 0.538. The average Bonchev–Trinajstić information content (AvgIpc) is 2.34. The number of hydrogen-bond donors (Lipinski definition) is 1. The molecule has 1 saturated heterocycles. The van der Waals surface area contributed by atoms with E-state index in [9.17, 15) is 5.11 Å². The lowest BCUT2D eigenvalue weighted by Gasteiger charge is -2.32. The SMILES string of the molecule is CCC1CN(Cc2cc(Cl)ccc2O)CCO1. The highest BCUT2D eigenvalue weighted by Crippen LogP contribution is 2.23. The van der Waals surface area contributed by atoms with Crippen LogP contribution in [0.15, 0.2) is 18.2 Å². The van der Waals surface area contributed by atoms with Gasteiger partial charge in [0.05, 0.1) is 12.7 Å². The van der Waals surface area contributed by atoms with Gasteiger partial charge in [-0.1, -0.05) is 18.5 Å². The number of ether oxygens (including phenoxy) is 1. The lowest BCUT2D eigenvalue weighted by molar-refractivity contribution is -0.0326. The highest BCUT2D eigenvalue weighted by Gasteiger charge is 2.19. The number of phenolic OH excluding ortho intramolecular Hbond substituents is 1. The van der Waals surface area contributed by atoms with Crippen LogP contribution in [0.1, 0.15) is 18.9 Å². The Balaban J connectivity index is 2.02. The van der Waals surface area contributed by atoms with E-state index in [4.69, 9.17) is 16.3 Å². The molecule has 0 amide bonds. The standard InChI is InChI=1S/C13H18ClNO2/c1-2-12-9-15(5-6-17-12)8-10-7-11(14)3-4-13(10)16/h3-4,7,12,16H,2,5-6,8-9H2,1H3. The Morgan fingerprint density at radius 1 is 1.53 bits per heavy atom. The second-order valence-corrected chi connectivity index (χ2v) is 4.85. The van der Waals surface area contributed by atoms with E-state index >= 15 is 0 Å². The van der Waals surface area contributed by atoms with Gasteiger partial charge in [-0.15, -0.1) is 0 Å². The third kappa shape index (κ3) is 3.35. The zero-order valence-corrected chi connectivity index (χ0v) is 10.8. The van der Waals surface area contributed by atoms with E-state index in [0.29, 0.717) is 16.9 Å². The first-order valence-corrected chi connectivity index (χ1v) is 6.38. The third-order valence-electron chi connectivity index (χ3n) is 3.11. The fourth-order valence-corrected chi connectivity index (χ4v) is 2.29. The van der Waals surface area contributed by atoms with E-state index in [1.165, 1.54) is 0 Å². The minimum Gasteiger partial charge on any atom is -0.508 e. The molecule has 0 radical (unpaired) electrons. The first kappa shape index (κ1) is 12.7. The van der Waals surface area contributed by atoms with Gasteiger partial charge in [0.25, 0.3) is 0 Å². The van der Waals surface area contributed by atoms with Crippen molar-refractivity contribution in [1.29, 1.82) is 0 Å². The Bertz CT molecular complexity index is 384. The summed E-state index contributed by atoms with van der Waals surface area (Å²) < 4.78 is 5.62. The number of benzene rings is 1. The molecule has 0 bridgehead atoms. The van der Waals surface area contributed by atoms with E-state index in [0.717, 1.165) is 38.2 Å². The first-order chi connectivity index (χ1) is 8.19. The number of nitrogens with zero attached hydrogens (tertiary/aromatic N) is 1. The van der Waals surface area contributed by atoms with E-state index < -0.39 is 0 Å². The number of rotatable bonds is 3. The molecule has 1 fully saturated rings. The van der Waals surface area contributed by atoms with Crippen LogP contribution in [0.3, 0.4) is 0 Å². The summed E-state index contributed by atoms with van der Waals surface area (Å²) in [5.74, 6) is 0.314. The molecule has 1 aliphatic rings. The van der Waals surface area contributed by atoms with Gasteiger partial charge in [0.1, 0.15) is 5.75 Å². The molecule has 4 heteroatoms. The first-order valence-electron chi connectivity index (χ1n) is 6.00. The molecule has 1 aromatic carbocycles. The van der Waals surface area contributed by atoms with Crippen molar-refractivity contribution in [3.63, 3.8) is 0 Å². The molecule has 0 aliphatic carbocycles. The van der Waals surface area contributed by atoms with Crippen molar-refractivity contribution in [2.75, 3.05) is 19.7 Å². The zero-order chi connectivity index (χ0) is 12.3. The van der Waals surface area contributed by atoms with Crippen LogP contribution in [0.4, 0.5) is 0 Å². The van der Waals surface area contributed by atoms with Crippen molar-refractivity contribution in [3.05, 3.63) is 28.8 Å². The van der Waals surface area contributed by atoms with Crippen LogP contribution in [0, 0.1) is 0 Å². The van der Waals surface area contributed by atoms with Crippen LogP contribution in [-0.4, -0.2) is 35.8 Å². The molecule has 1 N–H and O–H groups in total. The van der Waals surface area contributed by atoms with Gasteiger partial charge in [-0.3, -0.25) is 4.90 Å². The number of aromatic hydroxyl groups is 1. The van der Waals surface area contributed by atoms with E-state index in [2.05, 4.69) is 11.8 Å². The normalized spacial score (nSPS) is 21.6. The van der Waals surface area contributed by atoms with Gasteiger partial charge >= 0.3 is 0 Å². The molecule has 0 aromatic heterocycles. The van der Waals surface area contributed by atoms with Gasteiger partial charge in [-0.2, -0.15) is 0 Å². The molecule has 1 atom stereocenters. The average molecular weight is 256 g/mol. The Morgan fingerprint density at radius 2 is 2.35 bits per heavy atom. The Morgan fingerprint density at radius 3 is 3.12 bits per heavy atom. The summed E-state index contributed by atoms with van der Waals surface area (Å²) in [5.41, 5.74) is 0.884. The van der Waals surface area contributed by atoms with Crippen molar-refractivity contribution >= 4 is 11.6 Å². The maximum atomic E-state index is 9.77. The van der Waals surface area contributed by atoms with Crippen LogP contribution in [0.5, 0.6) is 5.75 Å². The largest absolute Gasteiger partial charge is 0.508 e. The maximum Gasteiger partial charge on any atom is 0.120 e. The summed E-state index contributed by atoms with van der Waals surface area (Å²) in [7, 11) is 0. The molecule has 1 unspecified atom stereocenters. The number of halogens is 1. The summed E-state index contributed by atoms with van der Waals surface area (Å²) >= 11 is 5.94. The summed E-state index contributed by atoms with van der Waals surface area (Å²) in [6.07, 6.45) is 1.34. The topological polar surface area (TPSA) is 32.7 Å². The molecule has 0 spiro atoms. The van der Waals surface area contributed by atoms with Gasteiger partial charge in [0, 0.05) is 30.2 Å². The predicted molar refractivity (Wildman–Crippen MR) is 68.4 cm³/mol. The van der Waals surface area contributed by atoms with E-state index in [1.807, 2.05) is 6.07 Å². The summed E-state index contributed by atoms with van der Waals surface area (Å²) in [6.45, 7) is 5.45. The molecule has 0 saturated carbocycles. The van der Waals surface area contributed by atoms with Gasteiger partial charge in [-0.05, 0) is 24.6 Å². The van der Waals surface area contributed by atoms with Crippen molar-refractivity contribution in [3.8, 4) is 5.75 Å². The lowest BCUT2D eigenvalue weighted by atomic mass is 10.1. The van der Waals surface area contributed by atoms with Crippen molar-refractivity contribution in [1.82, 2.24) is 4.90 Å². The highest BCUT2D eigenvalue weighted by atomic mass is 35.5. The maximum absolute atomic E-state index is 9.77. The summed E-state index contributed by atoms with van der Waals surface area (Å²) in [5, 5.41) is 10.4. The minimum absolute atomic E-state index is 0.310. The van der Waals surface area contributed by atoms with Crippen molar-refractivity contribution in [2.45, 2.75) is 26.0 Å². The molecule has 1 aliphatic heterocycles. The lowest BCUT2D eigenvalue weighted by Crippen LogP contribution is -2.41. The van der Waals surface area contributed by atoms with Gasteiger partial charge in [0.15, 0.2) is 0 Å². The monoisotopic (exact) mass is 255 g/mol. The molecule has 94 valence electrons. The molecular weight excluding hydrogens is 238 g/mol. The van der Waals surface area contributed by atoms with Gasteiger partial charge in [-0.25, -0.2) is 0 Å². The highest BCUT2D eigenvalue weighted by molar-refractivity contribution is 6.30. The van der Waals surface area contributed by atoms with Crippen molar-refractivity contribution < 1.29 is 9.84 Å². The Kier molecular flexibility index (Phi) is 4.26. The molecule has 2 rings (SSSR count). The molecule has 3 nitrogen and oxygen atoms in total. The number of hydrogen-bond acceptors (Lipinski definition) is 3. The predicted octanol–water partition coefficient (Wildman–Crippen LogP) is 2.66. The van der Waals surface area contributed by atoms with Crippen LogP contribution < -0.4 is 0 Å². The minimum atomic E-state index is 0.310. The molecule has 17 heavy (non-hydrogen) atoms. The van der Waals surface area contributed by atoms with Crippen LogP contribution in [0.25, 0.3) is 0 Å².